The Kier molecular flexibility index (Phi) is 6.72. The van der Waals surface area contributed by atoms with Crippen molar-refractivity contribution in [3.05, 3.63) is 71.3 Å². The van der Waals surface area contributed by atoms with Crippen LogP contribution in [0.5, 0.6) is 0 Å². The molecule has 0 bridgehead atoms. The van der Waals surface area contributed by atoms with E-state index >= 15 is 0 Å². The van der Waals surface area contributed by atoms with Gasteiger partial charge in [-0.3, -0.25) is 0 Å². The predicted molar refractivity (Wildman–Crippen MR) is 95.5 cm³/mol. The van der Waals surface area contributed by atoms with Crippen molar-refractivity contribution in [2.75, 3.05) is 19.6 Å². The Labute approximate surface area is 148 Å². The lowest BCUT2D eigenvalue weighted by Gasteiger charge is -2.34. The smallest absolute Gasteiger partial charge is 0.123 e. The Hall–Kier alpha value is -1.49. The van der Waals surface area contributed by atoms with Crippen molar-refractivity contribution < 1.29 is 8.78 Å². The molecule has 2 aromatic carbocycles. The van der Waals surface area contributed by atoms with Gasteiger partial charge in [-0.1, -0.05) is 24.3 Å². The molecule has 1 fully saturated rings. The molecule has 0 amide bonds. The molecular weight excluding hydrogens is 330 g/mol. The molecule has 0 saturated carbocycles. The molecule has 5 heteroatoms. The highest BCUT2D eigenvalue weighted by Crippen LogP contribution is 2.27. The van der Waals surface area contributed by atoms with E-state index in [2.05, 4.69) is 4.90 Å². The average Bonchev–Trinajstić information content (AvgIpc) is 2.55. The SMILES string of the molecule is Cl.NC1CCCN(CC(c2ccc(F)cc2)c2ccc(F)cc2)C1. The van der Waals surface area contributed by atoms with E-state index in [0.717, 1.165) is 43.6 Å². The van der Waals surface area contributed by atoms with E-state index in [-0.39, 0.29) is 36.0 Å². The molecule has 1 saturated heterocycles. The first-order valence-electron chi connectivity index (χ1n) is 8.10. The van der Waals surface area contributed by atoms with Crippen LogP contribution in [0.2, 0.25) is 0 Å². The van der Waals surface area contributed by atoms with Crippen molar-refractivity contribution >= 4 is 12.4 Å². The van der Waals surface area contributed by atoms with Crippen molar-refractivity contribution in [2.45, 2.75) is 24.8 Å². The zero-order valence-electron chi connectivity index (χ0n) is 13.5. The minimum atomic E-state index is -0.244. The second kappa shape index (κ2) is 8.56. The number of halogens is 3. The highest BCUT2D eigenvalue weighted by atomic mass is 35.5. The normalized spacial score (nSPS) is 18.4. The fraction of sp³-hybridized carbons (Fsp3) is 0.368. The summed E-state index contributed by atoms with van der Waals surface area (Å²) >= 11 is 0. The van der Waals surface area contributed by atoms with Gasteiger partial charge in [-0.2, -0.15) is 0 Å². The third-order valence-corrected chi connectivity index (χ3v) is 4.53. The van der Waals surface area contributed by atoms with Crippen LogP contribution >= 0.6 is 12.4 Å². The van der Waals surface area contributed by atoms with Gasteiger partial charge >= 0.3 is 0 Å². The fourth-order valence-corrected chi connectivity index (χ4v) is 3.31. The summed E-state index contributed by atoms with van der Waals surface area (Å²) in [7, 11) is 0. The minimum absolute atomic E-state index is 0. The standard InChI is InChI=1S/C19H22F2N2.ClH/c20-16-7-3-14(4-8-16)19(15-5-9-17(21)10-6-15)13-23-11-1-2-18(22)12-23;/h3-10,18-19H,1-2,11-13,22H2;1H. The molecule has 3 rings (SSSR count). The van der Waals surface area contributed by atoms with Gasteiger partial charge in [0.1, 0.15) is 11.6 Å². The summed E-state index contributed by atoms with van der Waals surface area (Å²) < 4.78 is 26.5. The second-order valence-electron chi connectivity index (χ2n) is 6.32. The van der Waals surface area contributed by atoms with Crippen molar-refractivity contribution in [3.8, 4) is 0 Å². The molecule has 1 atom stereocenters. The molecule has 0 radical (unpaired) electrons. The summed E-state index contributed by atoms with van der Waals surface area (Å²) in [6.07, 6.45) is 2.16. The van der Waals surface area contributed by atoms with E-state index in [4.69, 9.17) is 5.73 Å². The Morgan fingerprint density at radius 1 is 0.958 bits per heavy atom. The van der Waals surface area contributed by atoms with Gasteiger partial charge in [0, 0.05) is 25.0 Å². The first kappa shape index (κ1) is 18.8. The Morgan fingerprint density at radius 2 is 1.46 bits per heavy atom. The summed E-state index contributed by atoms with van der Waals surface area (Å²) in [5, 5.41) is 0. The number of likely N-dealkylation sites (tertiary alicyclic amines) is 1. The Morgan fingerprint density at radius 3 is 1.92 bits per heavy atom. The largest absolute Gasteiger partial charge is 0.327 e. The highest BCUT2D eigenvalue weighted by molar-refractivity contribution is 5.85. The van der Waals surface area contributed by atoms with E-state index in [1.165, 1.54) is 24.3 Å². The van der Waals surface area contributed by atoms with Crippen molar-refractivity contribution in [1.29, 1.82) is 0 Å². The zero-order valence-corrected chi connectivity index (χ0v) is 14.3. The maximum Gasteiger partial charge on any atom is 0.123 e. The van der Waals surface area contributed by atoms with Crippen LogP contribution in [0.4, 0.5) is 8.78 Å². The van der Waals surface area contributed by atoms with Crippen LogP contribution in [0.15, 0.2) is 48.5 Å². The molecule has 0 spiro atoms. The van der Waals surface area contributed by atoms with Gasteiger partial charge in [-0.25, -0.2) is 8.78 Å². The minimum Gasteiger partial charge on any atom is -0.327 e. The lowest BCUT2D eigenvalue weighted by molar-refractivity contribution is 0.203. The van der Waals surface area contributed by atoms with E-state index < -0.39 is 0 Å². The van der Waals surface area contributed by atoms with E-state index in [1.54, 1.807) is 0 Å². The quantitative estimate of drug-likeness (QED) is 0.903. The molecule has 2 N–H and O–H groups in total. The number of hydrogen-bond acceptors (Lipinski definition) is 2. The topological polar surface area (TPSA) is 29.3 Å². The van der Waals surface area contributed by atoms with Gasteiger partial charge < -0.3 is 10.6 Å². The summed E-state index contributed by atoms with van der Waals surface area (Å²) in [4.78, 5) is 2.35. The number of nitrogens with two attached hydrogens (primary N) is 1. The third kappa shape index (κ3) is 4.76. The molecule has 24 heavy (non-hydrogen) atoms. The maximum absolute atomic E-state index is 13.2. The van der Waals surface area contributed by atoms with Crippen LogP contribution in [-0.2, 0) is 0 Å². The van der Waals surface area contributed by atoms with Crippen LogP contribution in [-0.4, -0.2) is 30.6 Å². The maximum atomic E-state index is 13.2. The lowest BCUT2D eigenvalue weighted by Crippen LogP contribution is -2.44. The summed E-state index contributed by atoms with van der Waals surface area (Å²) in [6.45, 7) is 2.70. The van der Waals surface area contributed by atoms with Crippen molar-refractivity contribution in [1.82, 2.24) is 4.90 Å². The van der Waals surface area contributed by atoms with Crippen molar-refractivity contribution in [2.24, 2.45) is 5.73 Å². The monoisotopic (exact) mass is 352 g/mol. The molecule has 0 aromatic heterocycles. The van der Waals surface area contributed by atoms with E-state index in [0.29, 0.717) is 0 Å². The van der Waals surface area contributed by atoms with Crippen molar-refractivity contribution in [3.63, 3.8) is 0 Å². The molecule has 0 aliphatic carbocycles. The van der Waals surface area contributed by atoms with Crippen LogP contribution in [0.1, 0.15) is 29.9 Å². The predicted octanol–water partition coefficient (Wildman–Crippen LogP) is 3.94. The van der Waals surface area contributed by atoms with Crippen LogP contribution in [0.25, 0.3) is 0 Å². The number of nitrogens with zero attached hydrogens (tertiary/aromatic N) is 1. The number of rotatable bonds is 4. The van der Waals surface area contributed by atoms with Gasteiger partial charge in [0.25, 0.3) is 0 Å². The third-order valence-electron chi connectivity index (χ3n) is 4.53. The fourth-order valence-electron chi connectivity index (χ4n) is 3.31. The van der Waals surface area contributed by atoms with Crippen LogP contribution in [0, 0.1) is 11.6 Å². The summed E-state index contributed by atoms with van der Waals surface area (Å²) in [6, 6.07) is 13.4. The molecule has 2 aromatic rings. The zero-order chi connectivity index (χ0) is 16.2. The molecule has 1 aliphatic rings. The van der Waals surface area contributed by atoms with Gasteiger partial charge in [-0.05, 0) is 54.8 Å². The number of benzene rings is 2. The first-order chi connectivity index (χ1) is 11.1. The highest BCUT2D eigenvalue weighted by Gasteiger charge is 2.22. The van der Waals surface area contributed by atoms with Gasteiger partial charge in [0.05, 0.1) is 0 Å². The summed E-state index contributed by atoms with van der Waals surface area (Å²) in [5.41, 5.74) is 8.16. The van der Waals surface area contributed by atoms with E-state index in [1.807, 2.05) is 24.3 Å². The Balaban J connectivity index is 0.00000208. The number of hydrogen-bond donors (Lipinski definition) is 1. The molecule has 1 aliphatic heterocycles. The lowest BCUT2D eigenvalue weighted by atomic mass is 9.90. The molecule has 2 nitrogen and oxygen atoms in total. The average molecular weight is 353 g/mol. The molecule has 1 unspecified atom stereocenters. The van der Waals surface area contributed by atoms with Gasteiger partial charge in [0.2, 0.25) is 0 Å². The van der Waals surface area contributed by atoms with Crippen LogP contribution < -0.4 is 5.73 Å². The summed E-state index contributed by atoms with van der Waals surface area (Å²) in [5.74, 6) is -0.403. The molecule has 130 valence electrons. The first-order valence-corrected chi connectivity index (χ1v) is 8.10. The van der Waals surface area contributed by atoms with Gasteiger partial charge in [-0.15, -0.1) is 12.4 Å². The van der Waals surface area contributed by atoms with Crippen LogP contribution in [0.3, 0.4) is 0 Å². The molecular formula is C19H23ClF2N2. The second-order valence-corrected chi connectivity index (χ2v) is 6.32. The van der Waals surface area contributed by atoms with E-state index in [9.17, 15) is 8.78 Å². The van der Waals surface area contributed by atoms with Gasteiger partial charge in [0.15, 0.2) is 0 Å². The Bertz CT molecular complexity index is 585. The molecule has 1 heterocycles. The number of piperidine rings is 1.